The molecule has 1 aliphatic heterocycles. The van der Waals surface area contributed by atoms with E-state index < -0.39 is 5.92 Å². The van der Waals surface area contributed by atoms with Gasteiger partial charge in [0.2, 0.25) is 5.91 Å². The molecule has 2 heterocycles. The Bertz CT molecular complexity index is 1060. The molecule has 0 radical (unpaired) electrons. The van der Waals surface area contributed by atoms with Gasteiger partial charge in [0.15, 0.2) is 5.78 Å². The fourth-order valence-electron chi connectivity index (χ4n) is 3.38. The number of benzene rings is 2. The summed E-state index contributed by atoms with van der Waals surface area (Å²) < 4.78 is 14.8. The maximum absolute atomic E-state index is 13.2. The molecule has 0 bridgehead atoms. The van der Waals surface area contributed by atoms with Crippen LogP contribution >= 0.6 is 11.6 Å². The van der Waals surface area contributed by atoms with Crippen molar-refractivity contribution in [2.45, 2.75) is 19.3 Å². The number of aromatic nitrogens is 2. The van der Waals surface area contributed by atoms with Crippen molar-refractivity contribution >= 4 is 29.1 Å². The van der Waals surface area contributed by atoms with Crippen LogP contribution in [-0.4, -0.2) is 21.5 Å². The molecular weight excluding hydrogens is 369 g/mol. The molecule has 7 heteroatoms. The van der Waals surface area contributed by atoms with Crippen LogP contribution in [0.15, 0.2) is 48.5 Å². The quantitative estimate of drug-likeness (QED) is 0.686. The van der Waals surface area contributed by atoms with Gasteiger partial charge in [0.25, 0.3) is 0 Å². The van der Waals surface area contributed by atoms with Crippen molar-refractivity contribution in [1.82, 2.24) is 9.78 Å². The average molecular weight is 384 g/mol. The zero-order valence-corrected chi connectivity index (χ0v) is 15.1. The number of halogens is 2. The number of amides is 1. The zero-order chi connectivity index (χ0) is 19.1. The van der Waals surface area contributed by atoms with Gasteiger partial charge in [0.05, 0.1) is 17.3 Å². The molecule has 0 aliphatic carbocycles. The van der Waals surface area contributed by atoms with Gasteiger partial charge in [-0.2, -0.15) is 5.10 Å². The number of aryl methyl sites for hydroxylation is 1. The number of nitrogens with one attached hydrogen (secondary N) is 1. The Morgan fingerprint density at radius 1 is 1.26 bits per heavy atom. The van der Waals surface area contributed by atoms with Gasteiger partial charge in [-0.25, -0.2) is 9.07 Å². The van der Waals surface area contributed by atoms with E-state index in [2.05, 4.69) is 10.4 Å². The molecule has 1 atom stereocenters. The predicted octanol–water partition coefficient (Wildman–Crippen LogP) is 4.28. The van der Waals surface area contributed by atoms with Crippen LogP contribution in [0.4, 0.5) is 10.2 Å². The van der Waals surface area contributed by atoms with Gasteiger partial charge in [-0.15, -0.1) is 0 Å². The van der Waals surface area contributed by atoms with Crippen LogP contribution in [0.5, 0.6) is 0 Å². The number of fused-ring (bicyclic) bond motifs is 1. The van der Waals surface area contributed by atoms with Crippen LogP contribution in [0.3, 0.4) is 0 Å². The highest BCUT2D eigenvalue weighted by atomic mass is 35.5. The van der Waals surface area contributed by atoms with Gasteiger partial charge in [-0.1, -0.05) is 23.7 Å². The number of hydrogen-bond donors (Lipinski definition) is 1. The van der Waals surface area contributed by atoms with Crippen LogP contribution < -0.4 is 5.32 Å². The molecule has 3 aromatic rings. The molecule has 0 fully saturated rings. The highest BCUT2D eigenvalue weighted by molar-refractivity contribution is 6.31. The Balaban J connectivity index is 1.82. The summed E-state index contributed by atoms with van der Waals surface area (Å²) in [6.45, 7) is 1.79. The second-order valence-corrected chi connectivity index (χ2v) is 6.85. The van der Waals surface area contributed by atoms with Crippen LogP contribution in [0.25, 0.3) is 5.69 Å². The minimum atomic E-state index is -0.651. The Labute approximate surface area is 159 Å². The van der Waals surface area contributed by atoms with Crippen LogP contribution in [0, 0.1) is 12.7 Å². The highest BCUT2D eigenvalue weighted by Crippen LogP contribution is 2.38. The van der Waals surface area contributed by atoms with Gasteiger partial charge in [-0.3, -0.25) is 9.59 Å². The lowest BCUT2D eigenvalue weighted by Crippen LogP contribution is -2.28. The van der Waals surface area contributed by atoms with E-state index in [1.165, 1.54) is 16.8 Å². The van der Waals surface area contributed by atoms with Gasteiger partial charge < -0.3 is 5.32 Å². The minimum absolute atomic E-state index is 0.0360. The fraction of sp³-hybridized carbons (Fsp3) is 0.150. The van der Waals surface area contributed by atoms with Crippen molar-refractivity contribution in [3.8, 4) is 5.69 Å². The summed E-state index contributed by atoms with van der Waals surface area (Å²) in [6.07, 6.45) is 0.0360. The average Bonchev–Trinajstić information content (AvgIpc) is 2.97. The van der Waals surface area contributed by atoms with E-state index in [9.17, 15) is 14.0 Å². The summed E-state index contributed by atoms with van der Waals surface area (Å²) in [5.74, 6) is -1.03. The maximum Gasteiger partial charge on any atom is 0.226 e. The van der Waals surface area contributed by atoms with E-state index in [1.54, 1.807) is 43.3 Å². The SMILES string of the molecule is Cc1nn(-c2ccc(F)cc2)c2c1[C@@H](C(=O)c1cccc(Cl)c1)CC(=O)N2. The number of Topliss-reactive ketones (excluding diaryl/α,β-unsaturated/α-hetero) is 1. The molecule has 27 heavy (non-hydrogen) atoms. The second kappa shape index (κ2) is 6.63. The number of carbonyl (C=O) groups is 2. The van der Waals surface area contributed by atoms with Crippen molar-refractivity contribution in [2.24, 2.45) is 0 Å². The topological polar surface area (TPSA) is 64.0 Å². The van der Waals surface area contributed by atoms with Crippen molar-refractivity contribution in [3.63, 3.8) is 0 Å². The summed E-state index contributed by atoms with van der Waals surface area (Å²) >= 11 is 6.01. The van der Waals surface area contributed by atoms with Crippen LogP contribution in [0.1, 0.15) is 34.0 Å². The molecule has 0 spiro atoms. The summed E-state index contributed by atoms with van der Waals surface area (Å²) in [5, 5.41) is 7.73. The van der Waals surface area contributed by atoms with Crippen molar-refractivity contribution in [3.05, 3.63) is 76.2 Å². The summed E-state index contributed by atoms with van der Waals surface area (Å²) in [5.41, 5.74) is 2.34. The molecule has 136 valence electrons. The molecule has 0 saturated heterocycles. The van der Waals surface area contributed by atoms with E-state index in [1.807, 2.05) is 0 Å². The fourth-order valence-corrected chi connectivity index (χ4v) is 3.57. The maximum atomic E-state index is 13.2. The predicted molar refractivity (Wildman–Crippen MR) is 100 cm³/mol. The van der Waals surface area contributed by atoms with E-state index in [0.29, 0.717) is 33.3 Å². The number of nitrogens with zero attached hydrogens (tertiary/aromatic N) is 2. The lowest BCUT2D eigenvalue weighted by atomic mass is 9.85. The number of carbonyl (C=O) groups excluding carboxylic acids is 2. The Hall–Kier alpha value is -2.99. The first kappa shape index (κ1) is 17.4. The van der Waals surface area contributed by atoms with E-state index in [4.69, 9.17) is 11.6 Å². The monoisotopic (exact) mass is 383 g/mol. The van der Waals surface area contributed by atoms with E-state index in [0.717, 1.165) is 0 Å². The lowest BCUT2D eigenvalue weighted by Gasteiger charge is -2.23. The second-order valence-electron chi connectivity index (χ2n) is 6.42. The normalized spacial score (nSPS) is 16.0. The number of ketones is 1. The third-order valence-electron chi connectivity index (χ3n) is 4.60. The number of rotatable bonds is 3. The first-order valence-electron chi connectivity index (χ1n) is 8.39. The molecule has 5 nitrogen and oxygen atoms in total. The first-order chi connectivity index (χ1) is 12.9. The van der Waals surface area contributed by atoms with Crippen molar-refractivity contribution in [1.29, 1.82) is 0 Å². The molecule has 4 rings (SSSR count). The van der Waals surface area contributed by atoms with E-state index in [-0.39, 0.29) is 23.9 Å². The molecule has 0 unspecified atom stereocenters. The third-order valence-corrected chi connectivity index (χ3v) is 4.83. The first-order valence-corrected chi connectivity index (χ1v) is 8.77. The van der Waals surface area contributed by atoms with Crippen LogP contribution in [-0.2, 0) is 4.79 Å². The van der Waals surface area contributed by atoms with Crippen LogP contribution in [0.2, 0.25) is 5.02 Å². The van der Waals surface area contributed by atoms with Crippen molar-refractivity contribution in [2.75, 3.05) is 5.32 Å². The van der Waals surface area contributed by atoms with Gasteiger partial charge in [-0.05, 0) is 43.3 Å². The van der Waals surface area contributed by atoms with Gasteiger partial charge in [0.1, 0.15) is 11.6 Å². The van der Waals surface area contributed by atoms with E-state index >= 15 is 0 Å². The largest absolute Gasteiger partial charge is 0.310 e. The third kappa shape index (κ3) is 3.13. The molecule has 1 amide bonds. The molecule has 1 aliphatic rings. The summed E-state index contributed by atoms with van der Waals surface area (Å²) in [4.78, 5) is 25.4. The molecular formula is C20H15ClFN3O2. The Morgan fingerprint density at radius 2 is 2.00 bits per heavy atom. The minimum Gasteiger partial charge on any atom is -0.310 e. The zero-order valence-electron chi connectivity index (χ0n) is 14.4. The molecule has 1 aromatic heterocycles. The van der Waals surface area contributed by atoms with Gasteiger partial charge >= 0.3 is 0 Å². The molecule has 2 aromatic carbocycles. The number of anilines is 1. The number of hydrogen-bond acceptors (Lipinski definition) is 3. The highest BCUT2D eigenvalue weighted by Gasteiger charge is 2.36. The Morgan fingerprint density at radius 3 is 2.70 bits per heavy atom. The summed E-state index contributed by atoms with van der Waals surface area (Å²) in [7, 11) is 0. The summed E-state index contributed by atoms with van der Waals surface area (Å²) in [6, 6.07) is 12.4. The standard InChI is InChI=1S/C20H15ClFN3O2/c1-11-18-16(19(27)12-3-2-4-13(21)9-12)10-17(26)23-20(18)25(24-11)15-7-5-14(22)6-8-15/h2-9,16H,10H2,1H3,(H,23,26)/t16-/m0/s1. The van der Waals surface area contributed by atoms with Gasteiger partial charge in [0, 0.05) is 22.6 Å². The smallest absolute Gasteiger partial charge is 0.226 e. The molecule has 0 saturated carbocycles. The van der Waals surface area contributed by atoms with Crippen molar-refractivity contribution < 1.29 is 14.0 Å². The Kier molecular flexibility index (Phi) is 4.28. The lowest BCUT2D eigenvalue weighted by molar-refractivity contribution is -0.116. The molecule has 1 N–H and O–H groups in total.